The van der Waals surface area contributed by atoms with Crippen LogP contribution < -0.4 is 14.9 Å². The summed E-state index contributed by atoms with van der Waals surface area (Å²) in [6.45, 7) is 3.57. The second-order valence-corrected chi connectivity index (χ2v) is 9.52. The Bertz CT molecular complexity index is 890. The summed E-state index contributed by atoms with van der Waals surface area (Å²) in [4.78, 5) is 6.63. The van der Waals surface area contributed by atoms with Crippen LogP contribution in [0.5, 0.6) is 0 Å². The van der Waals surface area contributed by atoms with E-state index in [4.69, 9.17) is 0 Å². The number of sulfonamides is 1. The molecule has 2 N–H and O–H groups in total. The van der Waals surface area contributed by atoms with Crippen LogP contribution in [-0.4, -0.2) is 40.3 Å². The number of nitrogens with one attached hydrogen (secondary N) is 2. The summed E-state index contributed by atoms with van der Waals surface area (Å²) >= 11 is 1.73. The van der Waals surface area contributed by atoms with Gasteiger partial charge in [-0.05, 0) is 37.1 Å². The van der Waals surface area contributed by atoms with Gasteiger partial charge in [-0.1, -0.05) is 18.2 Å². The van der Waals surface area contributed by atoms with Gasteiger partial charge in [0.2, 0.25) is 10.0 Å². The summed E-state index contributed by atoms with van der Waals surface area (Å²) in [5.41, 5.74) is 1.90. The van der Waals surface area contributed by atoms with Crippen molar-refractivity contribution in [3.05, 3.63) is 51.7 Å². The van der Waals surface area contributed by atoms with Gasteiger partial charge in [0, 0.05) is 29.9 Å². The Labute approximate surface area is 159 Å². The van der Waals surface area contributed by atoms with E-state index < -0.39 is 10.0 Å². The molecule has 0 saturated carbocycles. The minimum atomic E-state index is -3.35. The van der Waals surface area contributed by atoms with Gasteiger partial charge in [-0.25, -0.2) is 8.42 Å². The number of thiophene rings is 1. The van der Waals surface area contributed by atoms with E-state index in [1.165, 1.54) is 14.1 Å². The first-order valence-electron chi connectivity index (χ1n) is 8.58. The van der Waals surface area contributed by atoms with Gasteiger partial charge in [0.1, 0.15) is 0 Å². The van der Waals surface area contributed by atoms with E-state index >= 15 is 0 Å². The zero-order valence-electron chi connectivity index (χ0n) is 15.0. The van der Waals surface area contributed by atoms with Gasteiger partial charge in [0.25, 0.3) is 0 Å². The van der Waals surface area contributed by atoms with Gasteiger partial charge in [-0.15, -0.1) is 11.3 Å². The third-order valence-electron chi connectivity index (χ3n) is 4.28. The fourth-order valence-electron chi connectivity index (χ4n) is 2.98. The van der Waals surface area contributed by atoms with E-state index in [1.54, 1.807) is 18.4 Å². The smallest absolute Gasteiger partial charge is 0.236 e. The average Bonchev–Trinajstić information content (AvgIpc) is 3.24. The van der Waals surface area contributed by atoms with E-state index in [1.807, 2.05) is 24.3 Å². The summed E-state index contributed by atoms with van der Waals surface area (Å²) in [5.74, 6) is 0.633. The van der Waals surface area contributed by atoms with Crippen molar-refractivity contribution in [2.75, 3.05) is 30.2 Å². The van der Waals surface area contributed by atoms with Crippen molar-refractivity contribution >= 4 is 33.0 Å². The lowest BCUT2D eigenvalue weighted by atomic mass is 10.2. The molecule has 2 aromatic rings. The van der Waals surface area contributed by atoms with E-state index in [-0.39, 0.29) is 5.75 Å². The number of rotatable bonds is 6. The van der Waals surface area contributed by atoms with Crippen LogP contribution in [-0.2, 0) is 23.0 Å². The molecule has 140 valence electrons. The highest BCUT2D eigenvalue weighted by Gasteiger charge is 2.28. The van der Waals surface area contributed by atoms with Crippen LogP contribution in [0, 0.1) is 6.92 Å². The first kappa shape index (κ1) is 18.7. The maximum atomic E-state index is 12.7. The molecular formula is C18H24N4O2S2. The van der Waals surface area contributed by atoms with E-state index in [0.29, 0.717) is 25.6 Å². The van der Waals surface area contributed by atoms with Crippen molar-refractivity contribution < 1.29 is 8.42 Å². The Morgan fingerprint density at radius 2 is 2.04 bits per heavy atom. The third-order valence-corrected chi connectivity index (χ3v) is 7.05. The number of nitrogens with zero attached hydrogens (tertiary/aromatic N) is 2. The molecule has 1 aliphatic rings. The molecule has 1 aromatic heterocycles. The molecule has 6 nitrogen and oxygen atoms in total. The number of hydrogen-bond acceptors (Lipinski definition) is 4. The molecule has 0 amide bonds. The van der Waals surface area contributed by atoms with Gasteiger partial charge in [0.05, 0.1) is 18.0 Å². The van der Waals surface area contributed by atoms with Gasteiger partial charge < -0.3 is 10.6 Å². The Hall–Kier alpha value is -2.06. The molecule has 8 heteroatoms. The normalized spacial score (nSPS) is 14.4. The summed E-state index contributed by atoms with van der Waals surface area (Å²) in [5, 5.41) is 6.30. The van der Waals surface area contributed by atoms with Gasteiger partial charge in [-0.2, -0.15) is 0 Å². The number of aryl methyl sites for hydroxylation is 1. The van der Waals surface area contributed by atoms with Crippen LogP contribution in [0.25, 0.3) is 0 Å². The van der Waals surface area contributed by atoms with Crippen molar-refractivity contribution in [2.24, 2.45) is 4.99 Å². The molecule has 0 atom stereocenters. The lowest BCUT2D eigenvalue weighted by Crippen LogP contribution is -2.41. The molecule has 0 radical (unpaired) electrons. The highest BCUT2D eigenvalue weighted by Crippen LogP contribution is 2.29. The minimum Gasteiger partial charge on any atom is -0.355 e. The molecule has 0 fully saturated rings. The number of para-hydroxylation sites is 1. The molecule has 1 aliphatic heterocycles. The van der Waals surface area contributed by atoms with Crippen LogP contribution in [0.15, 0.2) is 41.4 Å². The number of anilines is 1. The van der Waals surface area contributed by atoms with Crippen molar-refractivity contribution in [3.8, 4) is 0 Å². The fourth-order valence-corrected chi connectivity index (χ4v) is 5.23. The number of benzene rings is 1. The fraction of sp³-hybridized carbons (Fsp3) is 0.389. The molecule has 0 aliphatic carbocycles. The predicted molar refractivity (Wildman–Crippen MR) is 109 cm³/mol. The topological polar surface area (TPSA) is 73.8 Å². The molecule has 2 heterocycles. The summed E-state index contributed by atoms with van der Waals surface area (Å²) in [6.07, 6.45) is 0.770. The van der Waals surface area contributed by atoms with Crippen LogP contribution in [0.1, 0.15) is 15.3 Å². The Kier molecular flexibility index (Phi) is 5.83. The van der Waals surface area contributed by atoms with Crippen molar-refractivity contribution in [1.82, 2.24) is 10.6 Å². The molecule has 1 aromatic carbocycles. The molecule has 0 unspecified atom stereocenters. The zero-order chi connectivity index (χ0) is 18.6. The second-order valence-electron chi connectivity index (χ2n) is 6.13. The van der Waals surface area contributed by atoms with Gasteiger partial charge in [0.15, 0.2) is 5.96 Å². The van der Waals surface area contributed by atoms with E-state index in [9.17, 15) is 8.42 Å². The Morgan fingerprint density at radius 3 is 2.77 bits per heavy atom. The Morgan fingerprint density at radius 1 is 1.23 bits per heavy atom. The minimum absolute atomic E-state index is 0.0279. The van der Waals surface area contributed by atoms with Crippen LogP contribution in [0.4, 0.5) is 5.69 Å². The lowest BCUT2D eigenvalue weighted by Gasteiger charge is -2.20. The molecular weight excluding hydrogens is 368 g/mol. The van der Waals surface area contributed by atoms with E-state index in [0.717, 1.165) is 17.7 Å². The van der Waals surface area contributed by atoms with Crippen LogP contribution >= 0.6 is 11.3 Å². The first-order chi connectivity index (χ1) is 12.5. The lowest BCUT2D eigenvalue weighted by molar-refractivity contribution is 0.591. The Balaban J connectivity index is 1.51. The third kappa shape index (κ3) is 4.37. The molecule has 26 heavy (non-hydrogen) atoms. The molecule has 0 spiro atoms. The van der Waals surface area contributed by atoms with Crippen molar-refractivity contribution in [2.45, 2.75) is 19.9 Å². The highest BCUT2D eigenvalue weighted by atomic mass is 32.2. The highest BCUT2D eigenvalue weighted by molar-refractivity contribution is 7.92. The molecule has 0 saturated heterocycles. The standard InChI is InChI=1S/C18H24N4O2S2/c1-14-7-8-16(25-14)13-21-18(19-2)20-10-12-26(23,24)22-11-9-15-5-3-4-6-17(15)22/h3-8H,9-13H2,1-2H3,(H2,19,20,21). The summed E-state index contributed by atoms with van der Waals surface area (Å²) < 4.78 is 26.9. The first-order valence-corrected chi connectivity index (χ1v) is 11.0. The number of fused-ring (bicyclic) bond motifs is 1. The largest absolute Gasteiger partial charge is 0.355 e. The van der Waals surface area contributed by atoms with Gasteiger partial charge >= 0.3 is 0 Å². The van der Waals surface area contributed by atoms with Crippen LogP contribution in [0.2, 0.25) is 0 Å². The second kappa shape index (κ2) is 8.09. The number of aliphatic imine (C=N–C) groups is 1. The maximum Gasteiger partial charge on any atom is 0.236 e. The zero-order valence-corrected chi connectivity index (χ0v) is 16.7. The monoisotopic (exact) mass is 392 g/mol. The number of hydrogen-bond donors (Lipinski definition) is 2. The van der Waals surface area contributed by atoms with Crippen molar-refractivity contribution in [3.63, 3.8) is 0 Å². The van der Waals surface area contributed by atoms with Crippen LogP contribution in [0.3, 0.4) is 0 Å². The van der Waals surface area contributed by atoms with Crippen molar-refractivity contribution in [1.29, 1.82) is 0 Å². The SMILES string of the molecule is CN=C(NCCS(=O)(=O)N1CCc2ccccc21)NCc1ccc(C)s1. The summed E-state index contributed by atoms with van der Waals surface area (Å²) in [7, 11) is -1.67. The molecule has 3 rings (SSSR count). The average molecular weight is 393 g/mol. The quantitative estimate of drug-likeness (QED) is 0.583. The predicted octanol–water partition coefficient (Wildman–Crippen LogP) is 2.11. The van der Waals surface area contributed by atoms with Gasteiger partial charge in [-0.3, -0.25) is 9.30 Å². The number of guanidine groups is 1. The maximum absolute atomic E-state index is 12.7. The summed E-state index contributed by atoms with van der Waals surface area (Å²) in [6, 6.07) is 11.8. The van der Waals surface area contributed by atoms with E-state index in [2.05, 4.69) is 34.7 Å². The molecule has 0 bridgehead atoms.